The minimum Gasteiger partial charge on any atom is -0.497 e. The van der Waals surface area contributed by atoms with Crippen LogP contribution in [0.2, 0.25) is 0 Å². The molecule has 1 aliphatic rings. The Hall–Kier alpha value is -3.80. The maximum Gasteiger partial charge on any atom is 0.282 e. The van der Waals surface area contributed by atoms with Gasteiger partial charge in [0.05, 0.1) is 12.8 Å². The summed E-state index contributed by atoms with van der Waals surface area (Å²) in [6.07, 6.45) is 3.48. The fraction of sp³-hybridized carbons (Fsp3) is 0.0476. The molecule has 0 aliphatic carbocycles. The molecule has 0 spiro atoms. The van der Waals surface area contributed by atoms with Crippen molar-refractivity contribution >= 4 is 23.6 Å². The van der Waals surface area contributed by atoms with Crippen molar-refractivity contribution in [3.05, 3.63) is 84.2 Å². The number of anilines is 1. The van der Waals surface area contributed by atoms with Gasteiger partial charge in [-0.15, -0.1) is 0 Å². The van der Waals surface area contributed by atoms with E-state index in [-0.39, 0.29) is 11.5 Å². The topological polar surface area (TPSA) is 63.6 Å². The van der Waals surface area contributed by atoms with Crippen LogP contribution in [-0.4, -0.2) is 23.5 Å². The molecular weight excluding hydrogens is 342 g/mol. The molecule has 3 aromatic rings. The number of para-hydroxylation sites is 1. The molecule has 1 aliphatic heterocycles. The van der Waals surface area contributed by atoms with Crippen molar-refractivity contribution in [2.24, 2.45) is 0 Å². The highest BCUT2D eigenvalue weighted by Gasteiger charge is 2.34. The molecule has 0 unspecified atom stereocenters. The van der Waals surface area contributed by atoms with E-state index in [0.717, 1.165) is 17.1 Å². The van der Waals surface area contributed by atoms with Crippen molar-refractivity contribution in [2.75, 3.05) is 12.1 Å². The Morgan fingerprint density at radius 3 is 2.33 bits per heavy atom. The average Bonchev–Trinajstić information content (AvgIpc) is 3.29. The lowest BCUT2D eigenvalue weighted by atomic mass is 10.2. The maximum absolute atomic E-state index is 12.7. The quantitative estimate of drug-likeness (QED) is 0.575. The first-order valence-electron chi connectivity index (χ1n) is 8.41. The summed E-state index contributed by atoms with van der Waals surface area (Å²) >= 11 is 0. The van der Waals surface area contributed by atoms with Crippen LogP contribution in [0.4, 0.5) is 5.69 Å². The Kier molecular flexibility index (Phi) is 4.22. The van der Waals surface area contributed by atoms with E-state index in [9.17, 15) is 9.59 Å². The predicted molar refractivity (Wildman–Crippen MR) is 102 cm³/mol. The number of ether oxygens (including phenoxy) is 1. The smallest absolute Gasteiger partial charge is 0.282 e. The van der Waals surface area contributed by atoms with Gasteiger partial charge in [-0.05, 0) is 54.6 Å². The highest BCUT2D eigenvalue weighted by atomic mass is 16.5. The number of benzene rings is 2. The van der Waals surface area contributed by atoms with Crippen molar-refractivity contribution in [3.63, 3.8) is 0 Å². The largest absolute Gasteiger partial charge is 0.497 e. The molecule has 2 heterocycles. The Labute approximate surface area is 156 Å². The Balaban J connectivity index is 1.67. The van der Waals surface area contributed by atoms with Crippen LogP contribution in [0.25, 0.3) is 11.8 Å². The summed E-state index contributed by atoms with van der Waals surface area (Å²) < 4.78 is 7.08. The molecule has 0 radical (unpaired) electrons. The molecule has 4 rings (SSSR count). The summed E-state index contributed by atoms with van der Waals surface area (Å²) in [5.41, 5.74) is 4.94. The number of hydrogen-bond donors (Lipinski definition) is 1. The van der Waals surface area contributed by atoms with Gasteiger partial charge in [-0.1, -0.05) is 18.2 Å². The van der Waals surface area contributed by atoms with Crippen LogP contribution in [0.1, 0.15) is 5.69 Å². The van der Waals surface area contributed by atoms with Crippen LogP contribution < -0.4 is 15.2 Å². The number of methoxy groups -OCH3 is 1. The molecule has 1 aromatic heterocycles. The first-order valence-corrected chi connectivity index (χ1v) is 8.41. The lowest BCUT2D eigenvalue weighted by Gasteiger charge is -2.13. The van der Waals surface area contributed by atoms with E-state index in [0.29, 0.717) is 5.69 Å². The molecule has 0 saturated carbocycles. The van der Waals surface area contributed by atoms with Gasteiger partial charge in [0.25, 0.3) is 11.8 Å². The molecule has 1 N–H and O–H groups in total. The van der Waals surface area contributed by atoms with E-state index in [2.05, 4.69) is 5.43 Å². The summed E-state index contributed by atoms with van der Waals surface area (Å²) in [6.45, 7) is 0. The van der Waals surface area contributed by atoms with Gasteiger partial charge < -0.3 is 9.30 Å². The van der Waals surface area contributed by atoms with Crippen LogP contribution in [0.15, 0.2) is 78.5 Å². The fourth-order valence-electron chi connectivity index (χ4n) is 2.95. The van der Waals surface area contributed by atoms with Gasteiger partial charge in [-0.2, -0.15) is 0 Å². The van der Waals surface area contributed by atoms with Crippen molar-refractivity contribution in [1.82, 2.24) is 9.99 Å². The number of aromatic nitrogens is 1. The second kappa shape index (κ2) is 6.84. The maximum atomic E-state index is 12.7. The van der Waals surface area contributed by atoms with Gasteiger partial charge in [0.2, 0.25) is 0 Å². The zero-order valence-corrected chi connectivity index (χ0v) is 14.6. The van der Waals surface area contributed by atoms with E-state index in [4.69, 9.17) is 4.74 Å². The number of hydrogen-bond acceptors (Lipinski definition) is 3. The van der Waals surface area contributed by atoms with Gasteiger partial charge in [0.1, 0.15) is 11.3 Å². The lowest BCUT2D eigenvalue weighted by molar-refractivity contribution is -0.117. The molecular formula is C21H17N3O3. The summed E-state index contributed by atoms with van der Waals surface area (Å²) in [6, 6.07) is 20.3. The Morgan fingerprint density at radius 2 is 1.63 bits per heavy atom. The monoisotopic (exact) mass is 359 g/mol. The Morgan fingerprint density at radius 1 is 0.889 bits per heavy atom. The number of carbonyl (C=O) groups is 2. The van der Waals surface area contributed by atoms with Gasteiger partial charge in [-0.25, -0.2) is 5.01 Å². The number of amides is 2. The van der Waals surface area contributed by atoms with E-state index >= 15 is 0 Å². The van der Waals surface area contributed by atoms with Crippen molar-refractivity contribution < 1.29 is 14.3 Å². The summed E-state index contributed by atoms with van der Waals surface area (Å²) in [7, 11) is 1.61. The van der Waals surface area contributed by atoms with Crippen molar-refractivity contribution in [2.45, 2.75) is 0 Å². The van der Waals surface area contributed by atoms with Crippen LogP contribution >= 0.6 is 0 Å². The van der Waals surface area contributed by atoms with Crippen LogP contribution in [0.3, 0.4) is 0 Å². The number of nitrogens with one attached hydrogen (secondary N) is 1. The molecule has 6 heteroatoms. The fourth-order valence-corrected chi connectivity index (χ4v) is 2.95. The second-order valence-corrected chi connectivity index (χ2v) is 5.98. The highest BCUT2D eigenvalue weighted by Crippen LogP contribution is 2.23. The average molecular weight is 359 g/mol. The molecule has 27 heavy (non-hydrogen) atoms. The first-order chi connectivity index (χ1) is 13.2. The van der Waals surface area contributed by atoms with Gasteiger partial charge in [0.15, 0.2) is 0 Å². The molecule has 2 aromatic carbocycles. The summed E-state index contributed by atoms with van der Waals surface area (Å²) in [5.74, 6) is -0.0466. The lowest BCUT2D eigenvalue weighted by Crippen LogP contribution is -2.35. The van der Waals surface area contributed by atoms with Gasteiger partial charge in [0, 0.05) is 17.6 Å². The number of nitrogens with zero attached hydrogens (tertiary/aromatic N) is 2. The van der Waals surface area contributed by atoms with Crippen molar-refractivity contribution in [3.8, 4) is 11.4 Å². The Bertz CT molecular complexity index is 1020. The third-order valence-electron chi connectivity index (χ3n) is 4.33. The zero-order valence-electron chi connectivity index (χ0n) is 14.6. The second-order valence-electron chi connectivity index (χ2n) is 5.98. The van der Waals surface area contributed by atoms with Crippen LogP contribution in [-0.2, 0) is 9.59 Å². The first kappa shape index (κ1) is 16.7. The molecule has 1 saturated heterocycles. The number of rotatable bonds is 4. The molecule has 0 bridgehead atoms. The molecule has 0 atom stereocenters. The standard InChI is InChI=1S/C21H17N3O3/c1-27-18-11-9-15(10-12-18)23-13-5-8-17(23)14-19-20(25)22-24(21(19)26)16-6-3-2-4-7-16/h2-14H,1H3,(H,22,25). The highest BCUT2D eigenvalue weighted by molar-refractivity contribution is 6.31. The van der Waals surface area contributed by atoms with Gasteiger partial charge in [-0.3, -0.25) is 15.0 Å². The molecule has 134 valence electrons. The van der Waals surface area contributed by atoms with Crippen molar-refractivity contribution in [1.29, 1.82) is 0 Å². The summed E-state index contributed by atoms with van der Waals surface area (Å²) in [5, 5.41) is 1.26. The summed E-state index contributed by atoms with van der Waals surface area (Å²) in [4.78, 5) is 25.1. The van der Waals surface area contributed by atoms with E-state index < -0.39 is 5.91 Å². The van der Waals surface area contributed by atoms with Crippen LogP contribution in [0, 0.1) is 0 Å². The molecule has 1 fully saturated rings. The van der Waals surface area contributed by atoms with E-state index in [1.165, 1.54) is 5.01 Å². The molecule has 2 amide bonds. The SMILES string of the molecule is COc1ccc(-n2cccc2C=C2C(=O)NN(c3ccccc3)C2=O)cc1. The number of carbonyl (C=O) groups excluding carboxylic acids is 2. The third kappa shape index (κ3) is 3.08. The zero-order chi connectivity index (χ0) is 18.8. The van der Waals surface area contributed by atoms with Crippen LogP contribution in [0.5, 0.6) is 5.75 Å². The molecule has 6 nitrogen and oxygen atoms in total. The third-order valence-corrected chi connectivity index (χ3v) is 4.33. The predicted octanol–water partition coefficient (Wildman–Crippen LogP) is 2.95. The normalized spacial score (nSPS) is 15.3. The number of hydrazine groups is 1. The minimum absolute atomic E-state index is 0.0901. The van der Waals surface area contributed by atoms with E-state index in [1.54, 1.807) is 25.3 Å². The van der Waals surface area contributed by atoms with Gasteiger partial charge >= 0.3 is 0 Å². The minimum atomic E-state index is -0.425. The van der Waals surface area contributed by atoms with E-state index in [1.807, 2.05) is 65.4 Å².